The number of hydrogen-bond donors (Lipinski definition) is 1. The van der Waals surface area contributed by atoms with Gasteiger partial charge in [-0.25, -0.2) is 5.43 Å². The fourth-order valence-corrected chi connectivity index (χ4v) is 2.64. The molecule has 0 unspecified atom stereocenters. The molecule has 0 saturated heterocycles. The van der Waals surface area contributed by atoms with Gasteiger partial charge in [-0.2, -0.15) is 5.10 Å². The molecule has 0 bridgehead atoms. The van der Waals surface area contributed by atoms with Crippen molar-refractivity contribution >= 4 is 23.7 Å². The Labute approximate surface area is 175 Å². The molecule has 0 radical (unpaired) electrons. The summed E-state index contributed by atoms with van der Waals surface area (Å²) in [6.45, 7) is 4.69. The summed E-state index contributed by atoms with van der Waals surface area (Å²) in [4.78, 5) is 12.0. The molecule has 0 aliphatic carbocycles. The lowest BCUT2D eigenvalue weighted by molar-refractivity contribution is -0.123. The van der Waals surface area contributed by atoms with Gasteiger partial charge in [0.2, 0.25) is 0 Å². The zero-order valence-electron chi connectivity index (χ0n) is 16.7. The van der Waals surface area contributed by atoms with Gasteiger partial charge in [0.15, 0.2) is 29.6 Å². The zero-order chi connectivity index (χ0) is 21.1. The highest BCUT2D eigenvalue weighted by Crippen LogP contribution is 2.36. The third-order valence-corrected chi connectivity index (χ3v) is 3.89. The maximum atomic E-state index is 12.0. The second-order valence-corrected chi connectivity index (χ2v) is 6.25. The van der Waals surface area contributed by atoms with E-state index in [2.05, 4.69) is 10.5 Å². The molecular weight excluding hydrogens is 396 g/mol. The lowest BCUT2D eigenvalue weighted by Crippen LogP contribution is -2.24. The average molecular weight is 421 g/mol. The molecule has 29 heavy (non-hydrogen) atoms. The first-order valence-corrected chi connectivity index (χ1v) is 9.63. The summed E-state index contributed by atoms with van der Waals surface area (Å²) in [5.74, 6) is 1.64. The first-order chi connectivity index (χ1) is 14.1. The number of hydrazone groups is 1. The third kappa shape index (κ3) is 6.87. The van der Waals surface area contributed by atoms with Crippen molar-refractivity contribution in [2.24, 2.45) is 5.10 Å². The van der Waals surface area contributed by atoms with E-state index in [4.69, 9.17) is 30.5 Å². The smallest absolute Gasteiger partial charge is 0.277 e. The molecule has 2 rings (SSSR count). The number of ether oxygens (including phenoxy) is 4. The molecule has 0 fully saturated rings. The SMILES string of the molecule is CCCOc1c(Cl)cc(/C=N\NC(=O)COc2ccccc2OC)cc1OCC. The van der Waals surface area contributed by atoms with Gasteiger partial charge in [0.1, 0.15) is 0 Å². The highest BCUT2D eigenvalue weighted by atomic mass is 35.5. The Balaban J connectivity index is 1.97. The van der Waals surface area contributed by atoms with Crippen LogP contribution < -0.4 is 24.4 Å². The topological polar surface area (TPSA) is 78.4 Å². The van der Waals surface area contributed by atoms with Crippen LogP contribution in [0.25, 0.3) is 0 Å². The summed E-state index contributed by atoms with van der Waals surface area (Å²) < 4.78 is 21.9. The van der Waals surface area contributed by atoms with E-state index < -0.39 is 5.91 Å². The molecule has 0 saturated carbocycles. The molecular formula is C21H25ClN2O5. The Morgan fingerprint density at radius 2 is 1.86 bits per heavy atom. The molecule has 0 spiro atoms. The number of benzene rings is 2. The van der Waals surface area contributed by atoms with Crippen LogP contribution in [-0.4, -0.2) is 39.1 Å². The summed E-state index contributed by atoms with van der Waals surface area (Å²) in [5.41, 5.74) is 3.07. The zero-order valence-corrected chi connectivity index (χ0v) is 17.5. The molecule has 1 N–H and O–H groups in total. The maximum Gasteiger partial charge on any atom is 0.277 e. The normalized spacial score (nSPS) is 10.6. The highest BCUT2D eigenvalue weighted by Gasteiger charge is 2.12. The lowest BCUT2D eigenvalue weighted by Gasteiger charge is -2.13. The minimum atomic E-state index is -0.411. The van der Waals surface area contributed by atoms with Crippen molar-refractivity contribution in [2.75, 3.05) is 26.9 Å². The van der Waals surface area contributed by atoms with Gasteiger partial charge in [0.25, 0.3) is 5.91 Å². The van der Waals surface area contributed by atoms with Gasteiger partial charge >= 0.3 is 0 Å². The Kier molecular flexibility index (Phi) is 9.11. The van der Waals surface area contributed by atoms with Gasteiger partial charge in [-0.1, -0.05) is 30.7 Å². The van der Waals surface area contributed by atoms with Crippen LogP contribution in [0, 0.1) is 0 Å². The molecule has 2 aromatic rings. The number of carbonyl (C=O) groups is 1. The second-order valence-electron chi connectivity index (χ2n) is 5.84. The number of nitrogens with zero attached hydrogens (tertiary/aromatic N) is 1. The van der Waals surface area contributed by atoms with Gasteiger partial charge in [-0.3, -0.25) is 4.79 Å². The summed E-state index contributed by atoms with van der Waals surface area (Å²) in [6, 6.07) is 10.5. The van der Waals surface area contributed by atoms with Gasteiger partial charge in [-0.15, -0.1) is 0 Å². The van der Waals surface area contributed by atoms with Crippen molar-refractivity contribution in [1.82, 2.24) is 5.43 Å². The van der Waals surface area contributed by atoms with E-state index in [0.29, 0.717) is 46.8 Å². The first-order valence-electron chi connectivity index (χ1n) is 9.25. The van der Waals surface area contributed by atoms with Crippen molar-refractivity contribution in [3.05, 3.63) is 47.0 Å². The van der Waals surface area contributed by atoms with Gasteiger partial charge in [-0.05, 0) is 43.2 Å². The number of methoxy groups -OCH3 is 1. The molecule has 0 heterocycles. The molecule has 0 aliphatic heterocycles. The van der Waals surface area contributed by atoms with Crippen LogP contribution in [0.5, 0.6) is 23.0 Å². The molecule has 2 aromatic carbocycles. The van der Waals surface area contributed by atoms with E-state index in [1.165, 1.54) is 13.3 Å². The van der Waals surface area contributed by atoms with Crippen molar-refractivity contribution < 1.29 is 23.7 Å². The van der Waals surface area contributed by atoms with E-state index in [1.54, 1.807) is 30.3 Å². The number of halogens is 1. The van der Waals surface area contributed by atoms with Crippen molar-refractivity contribution in [1.29, 1.82) is 0 Å². The van der Waals surface area contributed by atoms with E-state index in [-0.39, 0.29) is 6.61 Å². The van der Waals surface area contributed by atoms with Crippen LogP contribution in [-0.2, 0) is 4.79 Å². The molecule has 0 aromatic heterocycles. The highest BCUT2D eigenvalue weighted by molar-refractivity contribution is 6.32. The lowest BCUT2D eigenvalue weighted by atomic mass is 10.2. The number of nitrogens with one attached hydrogen (secondary N) is 1. The van der Waals surface area contributed by atoms with Crippen LogP contribution in [0.1, 0.15) is 25.8 Å². The maximum absolute atomic E-state index is 12.0. The Morgan fingerprint density at radius 3 is 2.55 bits per heavy atom. The van der Waals surface area contributed by atoms with Gasteiger partial charge in [0, 0.05) is 0 Å². The van der Waals surface area contributed by atoms with E-state index in [9.17, 15) is 4.79 Å². The predicted molar refractivity (Wildman–Crippen MR) is 113 cm³/mol. The number of rotatable bonds is 11. The van der Waals surface area contributed by atoms with Crippen LogP contribution >= 0.6 is 11.6 Å². The Hall–Kier alpha value is -2.93. The fraction of sp³-hybridized carbons (Fsp3) is 0.333. The van der Waals surface area contributed by atoms with Crippen molar-refractivity contribution in [3.8, 4) is 23.0 Å². The molecule has 7 nitrogen and oxygen atoms in total. The summed E-state index contributed by atoms with van der Waals surface area (Å²) in [7, 11) is 1.53. The molecule has 156 valence electrons. The molecule has 0 aliphatic rings. The summed E-state index contributed by atoms with van der Waals surface area (Å²) in [5, 5.41) is 4.35. The molecule has 0 atom stereocenters. The second kappa shape index (κ2) is 11.8. The summed E-state index contributed by atoms with van der Waals surface area (Å²) >= 11 is 6.31. The fourth-order valence-electron chi connectivity index (χ4n) is 2.36. The van der Waals surface area contributed by atoms with Gasteiger partial charge in [0.05, 0.1) is 31.6 Å². The first kappa shape index (κ1) is 22.4. The van der Waals surface area contributed by atoms with Crippen molar-refractivity contribution in [3.63, 3.8) is 0 Å². The number of carbonyl (C=O) groups excluding carboxylic acids is 1. The molecule has 8 heteroatoms. The van der Waals surface area contributed by atoms with Crippen molar-refractivity contribution in [2.45, 2.75) is 20.3 Å². The predicted octanol–water partition coefficient (Wildman–Crippen LogP) is 4.07. The number of hydrogen-bond acceptors (Lipinski definition) is 6. The largest absolute Gasteiger partial charge is 0.493 e. The van der Waals surface area contributed by atoms with Crippen LogP contribution in [0.3, 0.4) is 0 Å². The Bertz CT molecular complexity index is 842. The minimum Gasteiger partial charge on any atom is -0.493 e. The van der Waals surface area contributed by atoms with E-state index in [0.717, 1.165) is 6.42 Å². The average Bonchev–Trinajstić information content (AvgIpc) is 2.72. The monoisotopic (exact) mass is 420 g/mol. The third-order valence-electron chi connectivity index (χ3n) is 3.61. The number of para-hydroxylation sites is 2. The minimum absolute atomic E-state index is 0.202. The quantitative estimate of drug-likeness (QED) is 0.438. The standard InChI is InChI=1S/C21H25ClN2O5/c1-4-10-28-21-16(22)11-15(12-19(21)27-5-2)13-23-24-20(25)14-29-18-9-7-6-8-17(18)26-3/h6-9,11-13H,4-5,10,14H2,1-3H3,(H,24,25)/b23-13-. The van der Waals surface area contributed by atoms with Crippen LogP contribution in [0.4, 0.5) is 0 Å². The molecule has 1 amide bonds. The number of amides is 1. The van der Waals surface area contributed by atoms with Crippen LogP contribution in [0.2, 0.25) is 5.02 Å². The van der Waals surface area contributed by atoms with Gasteiger partial charge < -0.3 is 18.9 Å². The van der Waals surface area contributed by atoms with E-state index in [1.807, 2.05) is 19.9 Å². The van der Waals surface area contributed by atoms with E-state index >= 15 is 0 Å². The summed E-state index contributed by atoms with van der Waals surface area (Å²) in [6.07, 6.45) is 2.33. The van der Waals surface area contributed by atoms with Crippen LogP contribution in [0.15, 0.2) is 41.5 Å². The Morgan fingerprint density at radius 1 is 1.10 bits per heavy atom.